The second kappa shape index (κ2) is 7.11. The van der Waals surface area contributed by atoms with Crippen LogP contribution in [0.25, 0.3) is 21.9 Å². The highest BCUT2D eigenvalue weighted by molar-refractivity contribution is 5.95. The number of rotatable bonds is 5. The Balaban J connectivity index is 1.57. The lowest BCUT2D eigenvalue weighted by atomic mass is 9.74. The van der Waals surface area contributed by atoms with Gasteiger partial charge in [0.2, 0.25) is 0 Å². The molecule has 0 saturated carbocycles. The topological polar surface area (TPSA) is 68.6 Å². The van der Waals surface area contributed by atoms with Crippen molar-refractivity contribution < 1.29 is 9.47 Å². The van der Waals surface area contributed by atoms with Crippen molar-refractivity contribution in [2.24, 2.45) is 12.5 Å². The van der Waals surface area contributed by atoms with Crippen molar-refractivity contribution in [1.82, 2.24) is 19.8 Å². The van der Waals surface area contributed by atoms with Gasteiger partial charge in [-0.2, -0.15) is 0 Å². The van der Waals surface area contributed by atoms with Gasteiger partial charge in [0, 0.05) is 69.3 Å². The van der Waals surface area contributed by atoms with E-state index in [1.165, 1.54) is 0 Å². The molecule has 5 rings (SSSR count). The van der Waals surface area contributed by atoms with Crippen LogP contribution in [0.4, 0.5) is 0 Å². The quantitative estimate of drug-likeness (QED) is 0.699. The van der Waals surface area contributed by atoms with Crippen molar-refractivity contribution in [1.29, 1.82) is 0 Å². The van der Waals surface area contributed by atoms with Gasteiger partial charge in [0.15, 0.2) is 0 Å². The summed E-state index contributed by atoms with van der Waals surface area (Å²) in [6, 6.07) is 5.96. The molecule has 1 N–H and O–H groups in total. The molecular formula is C23H26N4O3. The van der Waals surface area contributed by atoms with Gasteiger partial charge < -0.3 is 19.4 Å². The van der Waals surface area contributed by atoms with Gasteiger partial charge >= 0.3 is 0 Å². The summed E-state index contributed by atoms with van der Waals surface area (Å²) in [7, 11) is 5.15. The Kier molecular flexibility index (Phi) is 4.52. The Morgan fingerprint density at radius 2 is 1.83 bits per heavy atom. The van der Waals surface area contributed by atoms with Gasteiger partial charge in [0.1, 0.15) is 11.5 Å². The van der Waals surface area contributed by atoms with E-state index >= 15 is 0 Å². The third-order valence-corrected chi connectivity index (χ3v) is 6.40. The zero-order chi connectivity index (χ0) is 20.9. The maximum absolute atomic E-state index is 12.5. The van der Waals surface area contributed by atoms with Crippen LogP contribution < -0.4 is 20.3 Å². The number of pyridine rings is 2. The Morgan fingerprint density at radius 1 is 1.13 bits per heavy atom. The van der Waals surface area contributed by atoms with E-state index < -0.39 is 0 Å². The largest absolute Gasteiger partial charge is 0.496 e. The van der Waals surface area contributed by atoms with Crippen LogP contribution in [0.15, 0.2) is 41.6 Å². The van der Waals surface area contributed by atoms with Crippen molar-refractivity contribution in [3.8, 4) is 22.6 Å². The summed E-state index contributed by atoms with van der Waals surface area (Å²) in [6.07, 6.45) is 5.20. The fourth-order valence-electron chi connectivity index (χ4n) is 4.78. The molecule has 0 radical (unpaired) electrons. The lowest BCUT2D eigenvalue weighted by Crippen LogP contribution is -2.70. The molecule has 30 heavy (non-hydrogen) atoms. The second-order valence-corrected chi connectivity index (χ2v) is 8.49. The van der Waals surface area contributed by atoms with Crippen molar-refractivity contribution in [3.05, 3.63) is 52.7 Å². The fourth-order valence-corrected chi connectivity index (χ4v) is 4.78. The van der Waals surface area contributed by atoms with Crippen LogP contribution in [0.3, 0.4) is 0 Å². The first kappa shape index (κ1) is 19.1. The first-order valence-corrected chi connectivity index (χ1v) is 10.2. The standard InChI is InChI=1S/C23H26N4O3/c1-26-9-18(16-4-5-24-8-17(16)22(26)28)15-6-20(29-2)19(21(7-15)30-3)10-27-13-23(14-27)11-25-12-23/h4-9,25H,10-14H2,1-3H3. The molecule has 2 saturated heterocycles. The second-order valence-electron chi connectivity index (χ2n) is 8.49. The van der Waals surface area contributed by atoms with Gasteiger partial charge in [0.05, 0.1) is 25.2 Å². The highest BCUT2D eigenvalue weighted by atomic mass is 16.5. The molecule has 1 spiro atoms. The average Bonchev–Trinajstić information content (AvgIpc) is 2.71. The summed E-state index contributed by atoms with van der Waals surface area (Å²) in [6.45, 7) is 5.24. The highest BCUT2D eigenvalue weighted by Crippen LogP contribution is 2.41. The van der Waals surface area contributed by atoms with E-state index in [0.29, 0.717) is 10.8 Å². The molecule has 3 aromatic rings. The monoisotopic (exact) mass is 406 g/mol. The van der Waals surface area contributed by atoms with Gasteiger partial charge in [0.25, 0.3) is 5.56 Å². The van der Waals surface area contributed by atoms with Crippen LogP contribution in [0.1, 0.15) is 5.56 Å². The lowest BCUT2D eigenvalue weighted by molar-refractivity contribution is -0.0450. The van der Waals surface area contributed by atoms with E-state index in [4.69, 9.17) is 9.47 Å². The summed E-state index contributed by atoms with van der Waals surface area (Å²) in [4.78, 5) is 19.1. The minimum Gasteiger partial charge on any atom is -0.496 e. The zero-order valence-corrected chi connectivity index (χ0v) is 17.6. The van der Waals surface area contributed by atoms with E-state index in [1.54, 1.807) is 38.2 Å². The van der Waals surface area contributed by atoms with Crippen molar-refractivity contribution in [3.63, 3.8) is 0 Å². The van der Waals surface area contributed by atoms with Crippen molar-refractivity contribution in [2.75, 3.05) is 40.4 Å². The predicted molar refractivity (Wildman–Crippen MR) is 116 cm³/mol. The molecule has 2 aliphatic rings. The molecule has 2 aliphatic heterocycles. The maximum atomic E-state index is 12.5. The van der Waals surface area contributed by atoms with E-state index in [0.717, 1.165) is 66.3 Å². The van der Waals surface area contributed by atoms with Crippen LogP contribution in [0.2, 0.25) is 0 Å². The Morgan fingerprint density at radius 3 is 2.43 bits per heavy atom. The summed E-state index contributed by atoms with van der Waals surface area (Å²) in [5, 5.41) is 4.84. The van der Waals surface area contributed by atoms with Gasteiger partial charge in [-0.3, -0.25) is 14.7 Å². The number of benzene rings is 1. The van der Waals surface area contributed by atoms with Crippen molar-refractivity contribution in [2.45, 2.75) is 6.54 Å². The summed E-state index contributed by atoms with van der Waals surface area (Å²) in [5.41, 5.74) is 3.36. The summed E-state index contributed by atoms with van der Waals surface area (Å²) < 4.78 is 13.2. The predicted octanol–water partition coefficient (Wildman–Crippen LogP) is 2.02. The molecule has 1 aromatic carbocycles. The van der Waals surface area contributed by atoms with E-state index in [9.17, 15) is 4.79 Å². The molecule has 7 nitrogen and oxygen atoms in total. The molecule has 7 heteroatoms. The van der Waals surface area contributed by atoms with E-state index in [-0.39, 0.29) is 5.56 Å². The minimum absolute atomic E-state index is 0.0606. The third kappa shape index (κ3) is 2.97. The third-order valence-electron chi connectivity index (χ3n) is 6.40. The molecule has 0 amide bonds. The van der Waals surface area contributed by atoms with E-state index in [2.05, 4.69) is 15.2 Å². The number of ether oxygens (including phenoxy) is 2. The SMILES string of the molecule is COc1cc(-c2cn(C)c(=O)c3cnccc23)cc(OC)c1CN1CC2(CNC2)C1. The zero-order valence-electron chi connectivity index (χ0n) is 17.6. The molecule has 2 aromatic heterocycles. The number of methoxy groups -OCH3 is 2. The molecule has 0 atom stereocenters. The molecular weight excluding hydrogens is 380 g/mol. The van der Waals surface area contributed by atoms with Crippen LogP contribution in [0.5, 0.6) is 11.5 Å². The van der Waals surface area contributed by atoms with Gasteiger partial charge in [-0.25, -0.2) is 0 Å². The number of hydrogen-bond donors (Lipinski definition) is 1. The number of aromatic nitrogens is 2. The van der Waals surface area contributed by atoms with Crippen LogP contribution in [-0.4, -0.2) is 54.8 Å². The van der Waals surface area contributed by atoms with Crippen LogP contribution >= 0.6 is 0 Å². The molecule has 0 bridgehead atoms. The van der Waals surface area contributed by atoms with Crippen LogP contribution in [0, 0.1) is 5.41 Å². The Labute approximate surface area is 175 Å². The van der Waals surface area contributed by atoms with Gasteiger partial charge in [-0.1, -0.05) is 0 Å². The first-order valence-electron chi connectivity index (χ1n) is 10.2. The fraction of sp³-hybridized carbons (Fsp3) is 0.391. The number of nitrogens with one attached hydrogen (secondary N) is 1. The molecule has 4 heterocycles. The number of likely N-dealkylation sites (tertiary alicyclic amines) is 1. The normalized spacial score (nSPS) is 17.6. The average molecular weight is 406 g/mol. The van der Waals surface area contributed by atoms with Crippen LogP contribution in [-0.2, 0) is 13.6 Å². The maximum Gasteiger partial charge on any atom is 0.259 e. The molecule has 156 valence electrons. The number of fused-ring (bicyclic) bond motifs is 1. The van der Waals surface area contributed by atoms with E-state index in [1.807, 2.05) is 24.4 Å². The molecule has 2 fully saturated rings. The lowest BCUT2D eigenvalue weighted by Gasteiger charge is -2.56. The van der Waals surface area contributed by atoms with Gasteiger partial charge in [-0.05, 0) is 29.1 Å². The number of aryl methyl sites for hydroxylation is 1. The first-order chi connectivity index (χ1) is 14.5. The highest BCUT2D eigenvalue weighted by Gasteiger charge is 2.47. The van der Waals surface area contributed by atoms with Gasteiger partial charge in [-0.15, -0.1) is 0 Å². The summed E-state index contributed by atoms with van der Waals surface area (Å²) in [5.74, 6) is 1.60. The molecule has 0 aliphatic carbocycles. The molecule has 0 unspecified atom stereocenters. The smallest absolute Gasteiger partial charge is 0.259 e. The summed E-state index contributed by atoms with van der Waals surface area (Å²) >= 11 is 0. The number of hydrogen-bond acceptors (Lipinski definition) is 6. The minimum atomic E-state index is -0.0606. The Bertz CT molecular complexity index is 1150. The Hall–Kier alpha value is -2.90. The van der Waals surface area contributed by atoms with Crippen molar-refractivity contribution >= 4 is 10.8 Å². The number of nitrogens with zero attached hydrogens (tertiary/aromatic N) is 3.